The molecule has 3 N–H and O–H groups in total. The molecule has 110 valence electrons. The lowest BCUT2D eigenvalue weighted by Gasteiger charge is -2.14. The molecule has 0 aromatic heterocycles. The van der Waals surface area contributed by atoms with Crippen LogP contribution in [0.2, 0.25) is 0 Å². The Bertz CT molecular complexity index is 646. The third kappa shape index (κ3) is 3.50. The van der Waals surface area contributed by atoms with Crippen molar-refractivity contribution in [2.75, 3.05) is 7.11 Å². The Balaban J connectivity index is 3.27. The summed E-state index contributed by atoms with van der Waals surface area (Å²) >= 11 is 4.65. The van der Waals surface area contributed by atoms with E-state index in [9.17, 15) is 17.6 Å². The van der Waals surface area contributed by atoms with Gasteiger partial charge in [-0.25, -0.2) is 12.8 Å². The van der Waals surface area contributed by atoms with Gasteiger partial charge < -0.3 is 10.5 Å². The van der Waals surface area contributed by atoms with E-state index in [1.165, 1.54) is 13.0 Å². The van der Waals surface area contributed by atoms with Crippen LogP contribution in [-0.4, -0.2) is 32.5 Å². The first-order valence-corrected chi connectivity index (χ1v) is 7.28. The molecule has 1 unspecified atom stereocenters. The highest BCUT2D eigenvalue weighted by Crippen LogP contribution is 2.19. The van der Waals surface area contributed by atoms with E-state index in [1.54, 1.807) is 0 Å². The number of carbonyl (C=O) groups is 1. The highest BCUT2D eigenvalue weighted by atomic mass is 32.2. The maximum absolute atomic E-state index is 13.6. The van der Waals surface area contributed by atoms with E-state index in [0.29, 0.717) is 0 Å². The molecule has 1 atom stereocenters. The van der Waals surface area contributed by atoms with Crippen molar-refractivity contribution in [1.82, 2.24) is 4.72 Å². The SMILES string of the molecule is COC(=O)C(C)NS(=O)(=O)c1cccc(F)c1C(N)=S. The normalized spacial score (nSPS) is 12.8. The van der Waals surface area contributed by atoms with Gasteiger partial charge in [-0.2, -0.15) is 4.72 Å². The number of methoxy groups -OCH3 is 1. The van der Waals surface area contributed by atoms with Crippen LogP contribution in [0.1, 0.15) is 12.5 Å². The lowest BCUT2D eigenvalue weighted by Crippen LogP contribution is -2.39. The third-order valence-electron chi connectivity index (χ3n) is 2.40. The molecule has 0 bridgehead atoms. The van der Waals surface area contributed by atoms with Gasteiger partial charge in [0.15, 0.2) is 0 Å². The maximum atomic E-state index is 13.6. The summed E-state index contributed by atoms with van der Waals surface area (Å²) in [5.41, 5.74) is 4.94. The Morgan fingerprint density at radius 2 is 2.10 bits per heavy atom. The van der Waals surface area contributed by atoms with Crippen molar-refractivity contribution in [1.29, 1.82) is 0 Å². The Kier molecular flexibility index (Phi) is 5.15. The van der Waals surface area contributed by atoms with Gasteiger partial charge in [-0.15, -0.1) is 0 Å². The van der Waals surface area contributed by atoms with Crippen molar-refractivity contribution in [3.63, 3.8) is 0 Å². The van der Waals surface area contributed by atoms with E-state index in [4.69, 9.17) is 5.73 Å². The summed E-state index contributed by atoms with van der Waals surface area (Å²) in [6.07, 6.45) is 0. The fraction of sp³-hybridized carbons (Fsp3) is 0.273. The molecular formula is C11H13FN2O4S2. The van der Waals surface area contributed by atoms with Crippen LogP contribution in [0.25, 0.3) is 0 Å². The van der Waals surface area contributed by atoms with Crippen LogP contribution in [0.5, 0.6) is 0 Å². The third-order valence-corrected chi connectivity index (χ3v) is 4.19. The lowest BCUT2D eigenvalue weighted by atomic mass is 10.2. The number of halogens is 1. The first kappa shape index (κ1) is 16.5. The minimum Gasteiger partial charge on any atom is -0.468 e. The Morgan fingerprint density at radius 1 is 1.50 bits per heavy atom. The van der Waals surface area contributed by atoms with Crippen molar-refractivity contribution >= 4 is 33.2 Å². The number of thiocarbonyl (C=S) groups is 1. The second kappa shape index (κ2) is 6.25. The van der Waals surface area contributed by atoms with Crippen molar-refractivity contribution in [2.24, 2.45) is 5.73 Å². The summed E-state index contributed by atoms with van der Waals surface area (Å²) in [5.74, 6) is -1.63. The molecule has 0 aliphatic heterocycles. The van der Waals surface area contributed by atoms with Gasteiger partial charge in [0, 0.05) is 0 Å². The van der Waals surface area contributed by atoms with Crippen LogP contribution in [-0.2, 0) is 19.6 Å². The first-order valence-electron chi connectivity index (χ1n) is 5.39. The first-order chi connectivity index (χ1) is 9.20. The van der Waals surface area contributed by atoms with Crippen LogP contribution in [0.4, 0.5) is 4.39 Å². The van der Waals surface area contributed by atoms with E-state index < -0.39 is 43.3 Å². The molecule has 0 saturated heterocycles. The van der Waals surface area contributed by atoms with E-state index in [-0.39, 0.29) is 0 Å². The number of hydrogen-bond donors (Lipinski definition) is 2. The van der Waals surface area contributed by atoms with Crippen molar-refractivity contribution < 1.29 is 22.3 Å². The van der Waals surface area contributed by atoms with Gasteiger partial charge in [-0.1, -0.05) is 18.3 Å². The van der Waals surface area contributed by atoms with Crippen LogP contribution in [0.3, 0.4) is 0 Å². The summed E-state index contributed by atoms with van der Waals surface area (Å²) in [6, 6.07) is 2.25. The van der Waals surface area contributed by atoms with E-state index in [0.717, 1.165) is 19.2 Å². The minimum absolute atomic E-state index is 0.394. The molecule has 9 heteroatoms. The Hall–Kier alpha value is -1.58. The second-order valence-electron chi connectivity index (χ2n) is 3.84. The Morgan fingerprint density at radius 3 is 2.60 bits per heavy atom. The van der Waals surface area contributed by atoms with E-state index in [1.807, 2.05) is 0 Å². The van der Waals surface area contributed by atoms with Gasteiger partial charge in [-0.05, 0) is 19.1 Å². The lowest BCUT2D eigenvalue weighted by molar-refractivity contribution is -0.142. The average molecular weight is 320 g/mol. The minimum atomic E-state index is -4.17. The topological polar surface area (TPSA) is 98.5 Å². The molecule has 0 radical (unpaired) electrons. The number of ether oxygens (including phenoxy) is 1. The summed E-state index contributed by atoms with van der Waals surface area (Å²) in [6.45, 7) is 1.29. The molecule has 0 heterocycles. The van der Waals surface area contributed by atoms with Crippen LogP contribution in [0.15, 0.2) is 23.1 Å². The quantitative estimate of drug-likeness (QED) is 0.598. The molecule has 1 aromatic rings. The van der Waals surface area contributed by atoms with E-state index in [2.05, 4.69) is 21.7 Å². The monoisotopic (exact) mass is 320 g/mol. The van der Waals surface area contributed by atoms with Gasteiger partial charge in [-0.3, -0.25) is 4.79 Å². The standard InChI is InChI=1S/C11H13FN2O4S2/c1-6(11(15)18-2)14-20(16,17)8-5-3-4-7(12)9(8)10(13)19/h3-6,14H,1-2H3,(H2,13,19). The highest BCUT2D eigenvalue weighted by Gasteiger charge is 2.26. The smallest absolute Gasteiger partial charge is 0.323 e. The molecule has 1 rings (SSSR count). The second-order valence-corrected chi connectivity index (χ2v) is 5.97. The Labute approximate surface area is 121 Å². The predicted octanol–water partition coefficient (Wildman–Crippen LogP) is 0.300. The zero-order chi connectivity index (χ0) is 15.5. The summed E-state index contributed by atoms with van der Waals surface area (Å²) in [7, 11) is -3.05. The molecular weight excluding hydrogens is 307 g/mol. The van der Waals surface area contributed by atoms with E-state index >= 15 is 0 Å². The molecule has 20 heavy (non-hydrogen) atoms. The highest BCUT2D eigenvalue weighted by molar-refractivity contribution is 7.89. The zero-order valence-corrected chi connectivity index (χ0v) is 12.3. The van der Waals surface area contributed by atoms with Crippen molar-refractivity contribution in [2.45, 2.75) is 17.9 Å². The number of hydrogen-bond acceptors (Lipinski definition) is 5. The van der Waals surface area contributed by atoms with Gasteiger partial charge in [0.1, 0.15) is 16.8 Å². The summed E-state index contributed by atoms with van der Waals surface area (Å²) in [5, 5.41) is 0. The van der Waals surface area contributed by atoms with Crippen LogP contribution < -0.4 is 10.5 Å². The zero-order valence-electron chi connectivity index (χ0n) is 10.7. The summed E-state index contributed by atoms with van der Waals surface area (Å²) in [4.78, 5) is 10.4. The predicted molar refractivity (Wildman–Crippen MR) is 74.1 cm³/mol. The summed E-state index contributed by atoms with van der Waals surface area (Å²) < 4.78 is 44.4. The maximum Gasteiger partial charge on any atom is 0.323 e. The molecule has 0 aliphatic rings. The molecule has 0 amide bonds. The number of benzene rings is 1. The molecule has 6 nitrogen and oxygen atoms in total. The fourth-order valence-electron chi connectivity index (χ4n) is 1.49. The number of sulfonamides is 1. The molecule has 0 aliphatic carbocycles. The number of rotatable bonds is 5. The number of nitrogens with one attached hydrogen (secondary N) is 1. The number of esters is 1. The largest absolute Gasteiger partial charge is 0.468 e. The van der Waals surface area contributed by atoms with Gasteiger partial charge in [0.05, 0.1) is 17.6 Å². The van der Waals surface area contributed by atoms with Gasteiger partial charge in [0.25, 0.3) is 0 Å². The average Bonchev–Trinajstić information content (AvgIpc) is 2.36. The molecule has 0 spiro atoms. The fourth-order valence-corrected chi connectivity index (χ4v) is 3.18. The number of nitrogens with two attached hydrogens (primary N) is 1. The molecule has 0 fully saturated rings. The van der Waals surface area contributed by atoms with Gasteiger partial charge in [0.2, 0.25) is 10.0 Å². The van der Waals surface area contributed by atoms with Crippen LogP contribution in [0, 0.1) is 5.82 Å². The molecule has 0 saturated carbocycles. The van der Waals surface area contributed by atoms with Crippen LogP contribution >= 0.6 is 12.2 Å². The van der Waals surface area contributed by atoms with Gasteiger partial charge >= 0.3 is 5.97 Å². The molecule has 1 aromatic carbocycles. The number of carbonyl (C=O) groups excluding carboxylic acids is 1. The van der Waals surface area contributed by atoms with Crippen molar-refractivity contribution in [3.8, 4) is 0 Å². The van der Waals surface area contributed by atoms with Crippen molar-refractivity contribution in [3.05, 3.63) is 29.6 Å².